The minimum atomic E-state index is -3.01. The van der Waals surface area contributed by atoms with Gasteiger partial charge in [-0.2, -0.15) is 0 Å². The maximum Gasteiger partial charge on any atom is 0.287 e. The van der Waals surface area contributed by atoms with Crippen molar-refractivity contribution in [2.45, 2.75) is 19.4 Å². The fourth-order valence-electron chi connectivity index (χ4n) is 2.24. The first-order valence-electron chi connectivity index (χ1n) is 6.46. The number of aryl methyl sites for hydroxylation is 1. The van der Waals surface area contributed by atoms with Crippen LogP contribution in [0.1, 0.15) is 22.0 Å². The number of carbonyl (C=O) groups excluding carboxylic acids is 1. The molecular formula is C13H14N2O4S2. The SMILES string of the molecule is Cc1nc(-c2ccc(C(=O)NC3CCS(=O)(=O)C3)o2)cs1. The van der Waals surface area contributed by atoms with Crippen molar-refractivity contribution in [1.82, 2.24) is 10.3 Å². The summed E-state index contributed by atoms with van der Waals surface area (Å²) < 4.78 is 28.2. The van der Waals surface area contributed by atoms with Crippen LogP contribution in [0, 0.1) is 6.92 Å². The smallest absolute Gasteiger partial charge is 0.287 e. The van der Waals surface area contributed by atoms with Gasteiger partial charge < -0.3 is 9.73 Å². The minimum absolute atomic E-state index is 0.00239. The van der Waals surface area contributed by atoms with Crippen LogP contribution in [0.4, 0.5) is 0 Å². The zero-order valence-electron chi connectivity index (χ0n) is 11.3. The lowest BCUT2D eigenvalue weighted by Crippen LogP contribution is -2.35. The van der Waals surface area contributed by atoms with Crippen LogP contribution in [0.15, 0.2) is 21.9 Å². The predicted molar refractivity (Wildman–Crippen MR) is 79.1 cm³/mol. The molecule has 8 heteroatoms. The highest BCUT2D eigenvalue weighted by molar-refractivity contribution is 7.91. The van der Waals surface area contributed by atoms with Crippen molar-refractivity contribution in [2.75, 3.05) is 11.5 Å². The van der Waals surface area contributed by atoms with Crippen LogP contribution >= 0.6 is 11.3 Å². The number of amides is 1. The number of carbonyl (C=O) groups is 1. The third-order valence-electron chi connectivity index (χ3n) is 3.27. The van der Waals surface area contributed by atoms with E-state index >= 15 is 0 Å². The molecule has 21 heavy (non-hydrogen) atoms. The molecule has 6 nitrogen and oxygen atoms in total. The van der Waals surface area contributed by atoms with Crippen LogP contribution in [0.5, 0.6) is 0 Å². The number of nitrogens with one attached hydrogen (secondary N) is 1. The Bertz CT molecular complexity index is 776. The lowest BCUT2D eigenvalue weighted by Gasteiger charge is -2.08. The second-order valence-electron chi connectivity index (χ2n) is 4.99. The lowest BCUT2D eigenvalue weighted by molar-refractivity contribution is 0.0914. The lowest BCUT2D eigenvalue weighted by atomic mass is 10.2. The number of rotatable bonds is 3. The summed E-state index contributed by atoms with van der Waals surface area (Å²) in [5, 5.41) is 5.47. The molecular weight excluding hydrogens is 312 g/mol. The average Bonchev–Trinajstić information content (AvgIpc) is 3.09. The van der Waals surface area contributed by atoms with Gasteiger partial charge in [0, 0.05) is 11.4 Å². The third kappa shape index (κ3) is 3.16. The summed E-state index contributed by atoms with van der Waals surface area (Å²) in [5.41, 5.74) is 0.694. The number of thiazole rings is 1. The van der Waals surface area contributed by atoms with E-state index in [1.54, 1.807) is 12.1 Å². The van der Waals surface area contributed by atoms with Gasteiger partial charge in [-0.25, -0.2) is 13.4 Å². The number of hydrogen-bond acceptors (Lipinski definition) is 6. The summed E-state index contributed by atoms with van der Waals surface area (Å²) in [6.45, 7) is 1.89. The zero-order chi connectivity index (χ0) is 15.0. The highest BCUT2D eigenvalue weighted by Gasteiger charge is 2.29. The summed E-state index contributed by atoms with van der Waals surface area (Å²) in [6, 6.07) is 2.93. The van der Waals surface area contributed by atoms with E-state index in [0.717, 1.165) is 5.01 Å². The number of nitrogens with zero attached hydrogens (tertiary/aromatic N) is 1. The maximum absolute atomic E-state index is 12.0. The van der Waals surface area contributed by atoms with E-state index in [4.69, 9.17) is 4.42 Å². The van der Waals surface area contributed by atoms with Crippen LogP contribution in [0.3, 0.4) is 0 Å². The van der Waals surface area contributed by atoms with Crippen molar-refractivity contribution in [2.24, 2.45) is 0 Å². The van der Waals surface area contributed by atoms with Crippen LogP contribution in [0.2, 0.25) is 0 Å². The number of furan rings is 1. The molecule has 2 aromatic rings. The van der Waals surface area contributed by atoms with Crippen molar-refractivity contribution in [3.63, 3.8) is 0 Å². The van der Waals surface area contributed by atoms with Gasteiger partial charge in [0.15, 0.2) is 21.4 Å². The molecule has 3 heterocycles. The normalized spacial score (nSPS) is 20.5. The Hall–Kier alpha value is -1.67. The molecule has 1 aliphatic rings. The molecule has 1 atom stereocenters. The van der Waals surface area contributed by atoms with E-state index < -0.39 is 15.7 Å². The van der Waals surface area contributed by atoms with Gasteiger partial charge in [-0.05, 0) is 25.5 Å². The maximum atomic E-state index is 12.0. The average molecular weight is 326 g/mol. The monoisotopic (exact) mass is 326 g/mol. The molecule has 0 spiro atoms. The summed E-state index contributed by atoms with van der Waals surface area (Å²) >= 11 is 1.50. The second kappa shape index (κ2) is 5.27. The topological polar surface area (TPSA) is 89.3 Å². The van der Waals surface area contributed by atoms with E-state index in [1.165, 1.54) is 11.3 Å². The van der Waals surface area contributed by atoms with Crippen molar-refractivity contribution in [3.05, 3.63) is 28.3 Å². The Morgan fingerprint density at radius 3 is 2.90 bits per heavy atom. The zero-order valence-corrected chi connectivity index (χ0v) is 13.0. The molecule has 0 saturated carbocycles. The molecule has 1 amide bonds. The first-order valence-corrected chi connectivity index (χ1v) is 9.17. The molecule has 1 unspecified atom stereocenters. The molecule has 1 saturated heterocycles. The van der Waals surface area contributed by atoms with E-state index in [2.05, 4.69) is 10.3 Å². The Labute approximate surface area is 126 Å². The molecule has 0 aliphatic carbocycles. The molecule has 0 bridgehead atoms. The van der Waals surface area contributed by atoms with Crippen LogP contribution in [-0.4, -0.2) is 36.9 Å². The van der Waals surface area contributed by atoms with E-state index in [1.807, 2.05) is 12.3 Å². The van der Waals surface area contributed by atoms with Crippen molar-refractivity contribution < 1.29 is 17.6 Å². The molecule has 2 aromatic heterocycles. The predicted octanol–water partition coefficient (Wildman–Crippen LogP) is 1.63. The van der Waals surface area contributed by atoms with Crippen molar-refractivity contribution >= 4 is 27.1 Å². The van der Waals surface area contributed by atoms with Gasteiger partial charge >= 0.3 is 0 Å². The van der Waals surface area contributed by atoms with E-state index in [9.17, 15) is 13.2 Å². The van der Waals surface area contributed by atoms with Gasteiger partial charge in [0.2, 0.25) is 0 Å². The Morgan fingerprint density at radius 1 is 1.48 bits per heavy atom. The summed E-state index contributed by atoms with van der Waals surface area (Å²) in [7, 11) is -3.01. The van der Waals surface area contributed by atoms with Gasteiger partial charge in [-0.15, -0.1) is 11.3 Å². The quantitative estimate of drug-likeness (QED) is 0.926. The Kier molecular flexibility index (Phi) is 3.58. The standard InChI is InChI=1S/C13H14N2O4S2/c1-8-14-10(6-20-8)11-2-3-12(19-11)13(16)15-9-4-5-21(17,18)7-9/h2-3,6,9H,4-5,7H2,1H3,(H,15,16). The number of aromatic nitrogens is 1. The molecule has 112 valence electrons. The highest BCUT2D eigenvalue weighted by Crippen LogP contribution is 2.24. The van der Waals surface area contributed by atoms with Gasteiger partial charge in [0.05, 0.1) is 16.5 Å². The molecule has 1 aliphatic heterocycles. The minimum Gasteiger partial charge on any atom is -0.449 e. The Balaban J connectivity index is 1.70. The van der Waals surface area contributed by atoms with E-state index in [0.29, 0.717) is 17.9 Å². The molecule has 3 rings (SSSR count). The summed E-state index contributed by atoms with van der Waals surface area (Å²) in [6.07, 6.45) is 0.451. The first kappa shape index (κ1) is 14.3. The van der Waals surface area contributed by atoms with Crippen LogP contribution in [0.25, 0.3) is 11.5 Å². The molecule has 1 N–H and O–H groups in total. The third-order valence-corrected chi connectivity index (χ3v) is 5.81. The van der Waals surface area contributed by atoms with Gasteiger partial charge in [-0.1, -0.05) is 0 Å². The van der Waals surface area contributed by atoms with Gasteiger partial charge in [0.25, 0.3) is 5.91 Å². The molecule has 0 radical (unpaired) electrons. The Morgan fingerprint density at radius 2 is 2.29 bits per heavy atom. The first-order chi connectivity index (χ1) is 9.93. The highest BCUT2D eigenvalue weighted by atomic mass is 32.2. The van der Waals surface area contributed by atoms with Gasteiger partial charge in [0.1, 0.15) is 5.69 Å². The largest absolute Gasteiger partial charge is 0.449 e. The van der Waals surface area contributed by atoms with Crippen molar-refractivity contribution in [3.8, 4) is 11.5 Å². The fraction of sp³-hybridized carbons (Fsp3) is 0.385. The molecule has 1 fully saturated rings. The summed E-state index contributed by atoms with van der Waals surface area (Å²) in [5.74, 6) is 0.427. The van der Waals surface area contributed by atoms with Crippen LogP contribution < -0.4 is 5.32 Å². The second-order valence-corrected chi connectivity index (χ2v) is 8.28. The van der Waals surface area contributed by atoms with E-state index in [-0.39, 0.29) is 23.3 Å². The number of hydrogen-bond donors (Lipinski definition) is 1. The van der Waals surface area contributed by atoms with Crippen LogP contribution in [-0.2, 0) is 9.84 Å². The number of sulfone groups is 1. The summed E-state index contributed by atoms with van der Waals surface area (Å²) in [4.78, 5) is 16.3. The van der Waals surface area contributed by atoms with Crippen molar-refractivity contribution in [1.29, 1.82) is 0 Å². The molecule has 0 aromatic carbocycles. The van der Waals surface area contributed by atoms with Gasteiger partial charge in [-0.3, -0.25) is 4.79 Å². The fourth-order valence-corrected chi connectivity index (χ4v) is 4.51.